The first-order valence-corrected chi connectivity index (χ1v) is 5.44. The van der Waals surface area contributed by atoms with Crippen LogP contribution >= 0.6 is 0 Å². The van der Waals surface area contributed by atoms with Gasteiger partial charge in [-0.05, 0) is 43.4 Å². The average molecular weight is 215 g/mol. The molecular weight excluding hydrogens is 198 g/mol. The first-order chi connectivity index (χ1) is 7.59. The topological polar surface area (TPSA) is 23.5 Å². The molecule has 0 radical (unpaired) electrons. The van der Waals surface area contributed by atoms with Gasteiger partial charge in [0.25, 0.3) is 0 Å². The van der Waals surface area contributed by atoms with Gasteiger partial charge in [-0.25, -0.2) is 0 Å². The summed E-state index contributed by atoms with van der Waals surface area (Å²) in [6.07, 6.45) is 0. The Labute approximate surface area is 96.1 Å². The van der Waals surface area contributed by atoms with Crippen LogP contribution in [-0.2, 0) is 6.54 Å². The highest BCUT2D eigenvalue weighted by molar-refractivity contribution is 5.88. The van der Waals surface area contributed by atoms with Crippen molar-refractivity contribution in [1.29, 1.82) is 0 Å². The molecule has 2 aromatic carbocycles. The molecule has 2 heteroatoms. The van der Waals surface area contributed by atoms with Crippen molar-refractivity contribution < 1.29 is 5.11 Å². The molecule has 0 heterocycles. The van der Waals surface area contributed by atoms with E-state index in [1.807, 2.05) is 39.2 Å². The van der Waals surface area contributed by atoms with Gasteiger partial charge in [-0.2, -0.15) is 0 Å². The van der Waals surface area contributed by atoms with E-state index >= 15 is 0 Å². The fraction of sp³-hybridized carbons (Fsp3) is 0.286. The SMILES string of the molecule is Cc1cc2ccccc2c(CN(C)C)c1O. The van der Waals surface area contributed by atoms with E-state index in [1.54, 1.807) is 0 Å². The van der Waals surface area contributed by atoms with Gasteiger partial charge in [0, 0.05) is 12.1 Å². The maximum atomic E-state index is 10.1. The molecule has 0 aliphatic rings. The number of phenols is 1. The van der Waals surface area contributed by atoms with Crippen LogP contribution in [0.3, 0.4) is 0 Å². The van der Waals surface area contributed by atoms with E-state index in [1.165, 1.54) is 5.39 Å². The Bertz CT molecular complexity index is 517. The Morgan fingerprint density at radius 2 is 1.88 bits per heavy atom. The van der Waals surface area contributed by atoms with Gasteiger partial charge in [-0.15, -0.1) is 0 Å². The second-order valence-corrected chi connectivity index (χ2v) is 4.48. The summed E-state index contributed by atoms with van der Waals surface area (Å²) in [6, 6.07) is 10.2. The van der Waals surface area contributed by atoms with Gasteiger partial charge in [0.05, 0.1) is 0 Å². The Morgan fingerprint density at radius 3 is 2.56 bits per heavy atom. The van der Waals surface area contributed by atoms with Crippen LogP contribution in [-0.4, -0.2) is 24.1 Å². The lowest BCUT2D eigenvalue weighted by molar-refractivity contribution is 0.387. The van der Waals surface area contributed by atoms with Crippen LogP contribution in [0.25, 0.3) is 10.8 Å². The third-order valence-electron chi connectivity index (χ3n) is 2.79. The van der Waals surface area contributed by atoms with Gasteiger partial charge in [-0.1, -0.05) is 24.3 Å². The summed E-state index contributed by atoms with van der Waals surface area (Å²) in [6.45, 7) is 2.70. The first-order valence-electron chi connectivity index (χ1n) is 5.44. The molecule has 0 amide bonds. The smallest absolute Gasteiger partial charge is 0.123 e. The summed E-state index contributed by atoms with van der Waals surface area (Å²) in [7, 11) is 4.02. The van der Waals surface area contributed by atoms with Gasteiger partial charge in [0.2, 0.25) is 0 Å². The molecule has 0 aromatic heterocycles. The van der Waals surface area contributed by atoms with Crippen molar-refractivity contribution in [3.8, 4) is 5.75 Å². The van der Waals surface area contributed by atoms with Crippen molar-refractivity contribution in [3.63, 3.8) is 0 Å². The van der Waals surface area contributed by atoms with Crippen molar-refractivity contribution in [2.45, 2.75) is 13.5 Å². The minimum atomic E-state index is 0.424. The largest absolute Gasteiger partial charge is 0.507 e. The number of hydrogen-bond acceptors (Lipinski definition) is 2. The van der Waals surface area contributed by atoms with E-state index in [0.29, 0.717) is 5.75 Å². The number of nitrogens with zero attached hydrogens (tertiary/aromatic N) is 1. The molecule has 0 atom stereocenters. The number of benzene rings is 2. The predicted octanol–water partition coefficient (Wildman–Crippen LogP) is 2.92. The third-order valence-corrected chi connectivity index (χ3v) is 2.79. The second kappa shape index (κ2) is 4.14. The highest BCUT2D eigenvalue weighted by atomic mass is 16.3. The predicted molar refractivity (Wildman–Crippen MR) is 67.7 cm³/mol. The average Bonchev–Trinajstić information content (AvgIpc) is 2.24. The molecule has 0 saturated heterocycles. The molecule has 84 valence electrons. The zero-order valence-corrected chi connectivity index (χ0v) is 9.99. The molecule has 0 aliphatic heterocycles. The summed E-state index contributed by atoms with van der Waals surface area (Å²) >= 11 is 0. The van der Waals surface area contributed by atoms with Gasteiger partial charge in [0.1, 0.15) is 5.75 Å². The van der Waals surface area contributed by atoms with Gasteiger partial charge < -0.3 is 10.0 Å². The second-order valence-electron chi connectivity index (χ2n) is 4.48. The highest BCUT2D eigenvalue weighted by Crippen LogP contribution is 2.31. The monoisotopic (exact) mass is 215 g/mol. The van der Waals surface area contributed by atoms with Gasteiger partial charge in [-0.3, -0.25) is 0 Å². The van der Waals surface area contributed by atoms with Crippen LogP contribution < -0.4 is 0 Å². The quantitative estimate of drug-likeness (QED) is 0.832. The Morgan fingerprint density at radius 1 is 1.19 bits per heavy atom. The Kier molecular flexibility index (Phi) is 2.84. The zero-order valence-electron chi connectivity index (χ0n) is 9.99. The molecule has 0 aliphatic carbocycles. The number of rotatable bonds is 2. The molecule has 0 saturated carbocycles. The zero-order chi connectivity index (χ0) is 11.7. The lowest BCUT2D eigenvalue weighted by Crippen LogP contribution is -2.11. The summed E-state index contributed by atoms with van der Waals surface area (Å²) in [5.74, 6) is 0.424. The van der Waals surface area contributed by atoms with E-state index < -0.39 is 0 Å². The molecule has 0 spiro atoms. The minimum absolute atomic E-state index is 0.424. The van der Waals surface area contributed by atoms with Crippen LogP contribution in [0.1, 0.15) is 11.1 Å². The van der Waals surface area contributed by atoms with Gasteiger partial charge in [0.15, 0.2) is 0 Å². The number of aryl methyl sites for hydroxylation is 1. The number of hydrogen-bond donors (Lipinski definition) is 1. The summed E-state index contributed by atoms with van der Waals surface area (Å²) in [5.41, 5.74) is 1.95. The molecule has 2 nitrogen and oxygen atoms in total. The van der Waals surface area contributed by atoms with E-state index in [0.717, 1.165) is 23.1 Å². The van der Waals surface area contributed by atoms with E-state index in [9.17, 15) is 5.11 Å². The van der Waals surface area contributed by atoms with Crippen LogP contribution in [0.15, 0.2) is 30.3 Å². The normalized spacial score (nSPS) is 11.2. The first kappa shape index (κ1) is 11.0. The van der Waals surface area contributed by atoms with Crippen molar-refractivity contribution in [2.24, 2.45) is 0 Å². The highest BCUT2D eigenvalue weighted by Gasteiger charge is 2.10. The maximum Gasteiger partial charge on any atom is 0.123 e. The third kappa shape index (κ3) is 1.89. The fourth-order valence-electron chi connectivity index (χ4n) is 2.04. The molecule has 0 bridgehead atoms. The van der Waals surface area contributed by atoms with Crippen molar-refractivity contribution >= 4 is 10.8 Å². The lowest BCUT2D eigenvalue weighted by atomic mass is 9.99. The van der Waals surface area contributed by atoms with Crippen LogP contribution in [0.2, 0.25) is 0 Å². The Hall–Kier alpha value is -1.54. The summed E-state index contributed by atoms with van der Waals surface area (Å²) < 4.78 is 0. The molecule has 0 unspecified atom stereocenters. The summed E-state index contributed by atoms with van der Waals surface area (Å²) in [5, 5.41) is 12.4. The maximum absolute atomic E-state index is 10.1. The standard InChI is InChI=1S/C14H17NO/c1-10-8-11-6-4-5-7-12(11)13(14(10)16)9-15(2)3/h4-8,16H,9H2,1-3H3. The molecule has 2 rings (SSSR count). The van der Waals surface area contributed by atoms with Crippen LogP contribution in [0, 0.1) is 6.92 Å². The van der Waals surface area contributed by atoms with E-state index in [2.05, 4.69) is 17.0 Å². The number of fused-ring (bicyclic) bond motifs is 1. The molecule has 0 fully saturated rings. The van der Waals surface area contributed by atoms with Crippen molar-refractivity contribution in [2.75, 3.05) is 14.1 Å². The van der Waals surface area contributed by atoms with E-state index in [4.69, 9.17) is 0 Å². The summed E-state index contributed by atoms with van der Waals surface area (Å²) in [4.78, 5) is 2.07. The van der Waals surface area contributed by atoms with E-state index in [-0.39, 0.29) is 0 Å². The molecular formula is C14H17NO. The van der Waals surface area contributed by atoms with Crippen LogP contribution in [0.5, 0.6) is 5.75 Å². The Balaban J connectivity index is 2.71. The van der Waals surface area contributed by atoms with Crippen LogP contribution in [0.4, 0.5) is 0 Å². The lowest BCUT2D eigenvalue weighted by Gasteiger charge is -2.15. The minimum Gasteiger partial charge on any atom is -0.507 e. The molecule has 16 heavy (non-hydrogen) atoms. The molecule has 1 N–H and O–H groups in total. The number of aromatic hydroxyl groups is 1. The van der Waals surface area contributed by atoms with Crippen molar-refractivity contribution in [3.05, 3.63) is 41.5 Å². The van der Waals surface area contributed by atoms with Gasteiger partial charge >= 0.3 is 0 Å². The number of phenolic OH excluding ortho intramolecular Hbond substituents is 1. The fourth-order valence-corrected chi connectivity index (χ4v) is 2.04. The van der Waals surface area contributed by atoms with Crippen molar-refractivity contribution in [1.82, 2.24) is 4.90 Å². The molecule has 2 aromatic rings.